The molecular formula is C25H24Cl2N4O5. The predicted molar refractivity (Wildman–Crippen MR) is 139 cm³/mol. The van der Waals surface area contributed by atoms with Crippen LogP contribution in [0.4, 0.5) is 5.69 Å². The van der Waals surface area contributed by atoms with Crippen LogP contribution in [0.25, 0.3) is 11.3 Å². The summed E-state index contributed by atoms with van der Waals surface area (Å²) in [6.45, 7) is 7.05. The van der Waals surface area contributed by atoms with E-state index >= 15 is 0 Å². The third-order valence-electron chi connectivity index (χ3n) is 5.53. The number of rotatable bonds is 8. The molecule has 9 nitrogen and oxygen atoms in total. The van der Waals surface area contributed by atoms with E-state index in [1.807, 2.05) is 0 Å². The summed E-state index contributed by atoms with van der Waals surface area (Å²) in [7, 11) is 0. The van der Waals surface area contributed by atoms with Crippen molar-refractivity contribution in [2.75, 3.05) is 0 Å². The third kappa shape index (κ3) is 6.30. The van der Waals surface area contributed by atoms with Gasteiger partial charge < -0.3 is 9.73 Å². The molecule has 1 aromatic heterocycles. The van der Waals surface area contributed by atoms with E-state index in [1.54, 1.807) is 45.9 Å². The molecule has 1 unspecified atom stereocenters. The van der Waals surface area contributed by atoms with Crippen molar-refractivity contribution >= 4 is 46.9 Å². The van der Waals surface area contributed by atoms with Crippen molar-refractivity contribution in [3.05, 3.63) is 85.1 Å². The van der Waals surface area contributed by atoms with Crippen LogP contribution in [0.2, 0.25) is 10.0 Å². The third-order valence-corrected chi connectivity index (χ3v) is 6.27. The van der Waals surface area contributed by atoms with Crippen molar-refractivity contribution in [3.8, 4) is 11.3 Å². The Bertz CT molecular complexity index is 1350. The Morgan fingerprint density at radius 2 is 1.81 bits per heavy atom. The van der Waals surface area contributed by atoms with E-state index in [4.69, 9.17) is 27.6 Å². The number of halogens is 2. The molecule has 0 aliphatic rings. The van der Waals surface area contributed by atoms with Gasteiger partial charge in [0, 0.05) is 22.8 Å². The van der Waals surface area contributed by atoms with Gasteiger partial charge in [0.05, 0.1) is 21.2 Å². The van der Waals surface area contributed by atoms with Gasteiger partial charge in [-0.15, -0.1) is 0 Å². The first-order valence-corrected chi connectivity index (χ1v) is 11.7. The quantitative estimate of drug-likeness (QED) is 0.220. The number of nitro benzene ring substituents is 1. The van der Waals surface area contributed by atoms with Gasteiger partial charge in [-0.1, -0.05) is 37.0 Å². The number of carbonyl (C=O) groups is 2. The molecule has 36 heavy (non-hydrogen) atoms. The fourth-order valence-electron chi connectivity index (χ4n) is 3.38. The molecule has 0 saturated carbocycles. The Balaban J connectivity index is 1.68. The second-order valence-corrected chi connectivity index (χ2v) is 9.27. The summed E-state index contributed by atoms with van der Waals surface area (Å²) < 4.78 is 5.72. The van der Waals surface area contributed by atoms with E-state index in [-0.39, 0.29) is 22.2 Å². The van der Waals surface area contributed by atoms with E-state index in [0.717, 1.165) is 5.56 Å². The molecule has 3 aromatic rings. The molecule has 0 spiro atoms. The van der Waals surface area contributed by atoms with Crippen molar-refractivity contribution in [2.45, 2.75) is 33.7 Å². The number of hydrazone groups is 1. The average molecular weight is 531 g/mol. The summed E-state index contributed by atoms with van der Waals surface area (Å²) in [6.07, 6.45) is 1.30. The number of nitro groups is 1. The highest BCUT2D eigenvalue weighted by Gasteiger charge is 2.25. The van der Waals surface area contributed by atoms with Gasteiger partial charge in [0.1, 0.15) is 17.6 Å². The van der Waals surface area contributed by atoms with Gasteiger partial charge in [-0.25, -0.2) is 5.43 Å². The number of hydrogen-bond acceptors (Lipinski definition) is 6. The van der Waals surface area contributed by atoms with Crippen molar-refractivity contribution in [2.24, 2.45) is 11.0 Å². The van der Waals surface area contributed by atoms with Crippen LogP contribution in [0.5, 0.6) is 0 Å². The van der Waals surface area contributed by atoms with Crippen LogP contribution < -0.4 is 10.7 Å². The van der Waals surface area contributed by atoms with Gasteiger partial charge in [-0.05, 0) is 61.7 Å². The van der Waals surface area contributed by atoms with Gasteiger partial charge in [0.25, 0.3) is 17.5 Å². The van der Waals surface area contributed by atoms with Gasteiger partial charge in [-0.2, -0.15) is 5.10 Å². The lowest BCUT2D eigenvalue weighted by Crippen LogP contribution is -2.48. The lowest BCUT2D eigenvalue weighted by Gasteiger charge is -2.20. The molecule has 0 fully saturated rings. The number of nitrogens with one attached hydrogen (secondary N) is 2. The van der Waals surface area contributed by atoms with E-state index in [0.29, 0.717) is 27.7 Å². The molecule has 188 valence electrons. The molecule has 0 radical (unpaired) electrons. The second-order valence-electron chi connectivity index (χ2n) is 8.45. The van der Waals surface area contributed by atoms with E-state index in [9.17, 15) is 19.7 Å². The molecule has 2 N–H and O–H groups in total. The summed E-state index contributed by atoms with van der Waals surface area (Å²) in [6, 6.07) is 10.1. The molecule has 0 aliphatic heterocycles. The van der Waals surface area contributed by atoms with Crippen LogP contribution in [0.1, 0.15) is 41.1 Å². The lowest BCUT2D eigenvalue weighted by atomic mass is 10.0. The highest BCUT2D eigenvalue weighted by Crippen LogP contribution is 2.30. The minimum Gasteiger partial charge on any atom is -0.455 e. The van der Waals surface area contributed by atoms with Crippen molar-refractivity contribution in [1.29, 1.82) is 0 Å². The SMILES string of the molecule is Cc1cc(-c2ccc(C=NNC(=O)C(NC(=O)c3ccc(Cl)c(Cl)c3)C(C)C)o2)cc([N+](=O)[O-])c1C. The summed E-state index contributed by atoms with van der Waals surface area (Å²) in [5, 5.41) is 18.5. The highest BCUT2D eigenvalue weighted by atomic mass is 35.5. The number of aryl methyl sites for hydroxylation is 1. The number of carbonyl (C=O) groups excluding carboxylic acids is 2. The maximum absolute atomic E-state index is 12.7. The van der Waals surface area contributed by atoms with Crippen LogP contribution in [0.15, 0.2) is 52.0 Å². The van der Waals surface area contributed by atoms with Crippen LogP contribution >= 0.6 is 23.2 Å². The van der Waals surface area contributed by atoms with Gasteiger partial charge >= 0.3 is 0 Å². The van der Waals surface area contributed by atoms with Crippen molar-refractivity contribution in [3.63, 3.8) is 0 Å². The number of hydrogen-bond donors (Lipinski definition) is 2. The number of furan rings is 1. The Morgan fingerprint density at radius 1 is 1.08 bits per heavy atom. The first-order chi connectivity index (χ1) is 17.0. The largest absolute Gasteiger partial charge is 0.455 e. The summed E-state index contributed by atoms with van der Waals surface area (Å²) in [4.78, 5) is 36.2. The van der Waals surface area contributed by atoms with E-state index in [2.05, 4.69) is 15.8 Å². The zero-order chi connectivity index (χ0) is 26.6. The molecule has 3 rings (SSSR count). The Morgan fingerprint density at radius 3 is 2.44 bits per heavy atom. The number of nitrogens with zero attached hydrogens (tertiary/aromatic N) is 2. The van der Waals surface area contributed by atoms with Crippen molar-refractivity contribution in [1.82, 2.24) is 10.7 Å². The monoisotopic (exact) mass is 530 g/mol. The minimum atomic E-state index is -0.868. The molecule has 0 saturated heterocycles. The molecule has 1 atom stereocenters. The lowest BCUT2D eigenvalue weighted by molar-refractivity contribution is -0.385. The smallest absolute Gasteiger partial charge is 0.273 e. The number of amides is 2. The fraction of sp³-hybridized carbons (Fsp3) is 0.240. The van der Waals surface area contributed by atoms with Crippen LogP contribution in [0, 0.1) is 29.9 Å². The molecule has 11 heteroatoms. The second kappa shape index (κ2) is 11.4. The summed E-state index contributed by atoms with van der Waals surface area (Å²) in [5.74, 6) is -0.492. The van der Waals surface area contributed by atoms with Crippen LogP contribution in [-0.2, 0) is 4.79 Å². The fourth-order valence-corrected chi connectivity index (χ4v) is 3.67. The minimum absolute atomic E-state index is 0.00604. The Kier molecular flexibility index (Phi) is 8.49. The molecule has 2 aromatic carbocycles. The Hall–Kier alpha value is -3.69. The zero-order valence-corrected chi connectivity index (χ0v) is 21.5. The van der Waals surface area contributed by atoms with Crippen LogP contribution in [-0.4, -0.2) is 29.0 Å². The van der Waals surface area contributed by atoms with E-state index < -0.39 is 22.8 Å². The van der Waals surface area contributed by atoms with Gasteiger partial charge in [0.2, 0.25) is 0 Å². The first kappa shape index (κ1) is 26.9. The average Bonchev–Trinajstić information content (AvgIpc) is 3.29. The molecule has 2 amide bonds. The van der Waals surface area contributed by atoms with Gasteiger partial charge in [0.15, 0.2) is 0 Å². The maximum atomic E-state index is 12.7. The molecule has 1 heterocycles. The predicted octanol–water partition coefficient (Wildman–Crippen LogP) is 5.68. The molecule has 0 aliphatic carbocycles. The highest BCUT2D eigenvalue weighted by molar-refractivity contribution is 6.42. The van der Waals surface area contributed by atoms with Gasteiger partial charge in [-0.3, -0.25) is 19.7 Å². The Labute approximate surface area is 217 Å². The topological polar surface area (TPSA) is 127 Å². The first-order valence-electron chi connectivity index (χ1n) is 10.9. The maximum Gasteiger partial charge on any atom is 0.273 e. The normalized spacial score (nSPS) is 12.1. The standard InChI is InChI=1S/C25H24Cl2N4O5/c1-13(2)23(29-24(32)16-5-7-19(26)20(27)10-16)25(33)30-28-12-18-6-8-22(36-18)17-9-14(3)15(4)21(11-17)31(34)35/h5-13,23H,1-4H3,(H,29,32)(H,30,33). The number of benzene rings is 2. The summed E-state index contributed by atoms with van der Waals surface area (Å²) in [5.41, 5.74) is 4.58. The summed E-state index contributed by atoms with van der Waals surface area (Å²) >= 11 is 11.9. The van der Waals surface area contributed by atoms with Crippen molar-refractivity contribution < 1.29 is 18.9 Å². The molecular weight excluding hydrogens is 507 g/mol. The van der Waals surface area contributed by atoms with Crippen LogP contribution in [0.3, 0.4) is 0 Å². The zero-order valence-electron chi connectivity index (χ0n) is 20.0. The molecule has 0 bridgehead atoms. The van der Waals surface area contributed by atoms with E-state index in [1.165, 1.54) is 30.5 Å².